The topological polar surface area (TPSA) is 119 Å². The Morgan fingerprint density at radius 1 is 1.35 bits per heavy atom. The Balaban J connectivity index is 1.91. The highest BCUT2D eigenvalue weighted by Crippen LogP contribution is 2.32. The van der Waals surface area contributed by atoms with Crippen LogP contribution in [-0.2, 0) is 4.74 Å². The lowest BCUT2D eigenvalue weighted by Crippen LogP contribution is -2.24. The lowest BCUT2D eigenvalue weighted by atomic mass is 10.2. The highest BCUT2D eigenvalue weighted by atomic mass is 16.5. The lowest BCUT2D eigenvalue weighted by Gasteiger charge is -2.14. The Labute approximate surface area is 151 Å². The summed E-state index contributed by atoms with van der Waals surface area (Å²) in [5.74, 6) is 9.42. The van der Waals surface area contributed by atoms with Gasteiger partial charge in [-0.15, -0.1) is 12.3 Å². The molecule has 26 heavy (non-hydrogen) atoms. The largest absolute Gasteiger partial charge is 0.394 e. The van der Waals surface area contributed by atoms with Crippen LogP contribution in [0.5, 0.6) is 0 Å². The van der Waals surface area contributed by atoms with Gasteiger partial charge in [0, 0.05) is 19.3 Å². The van der Waals surface area contributed by atoms with Crippen molar-refractivity contribution < 1.29 is 14.9 Å². The maximum atomic E-state index is 10.0. The van der Waals surface area contributed by atoms with Gasteiger partial charge < -0.3 is 20.7 Å². The van der Waals surface area contributed by atoms with Gasteiger partial charge >= 0.3 is 0 Å². The second kappa shape index (κ2) is 8.15. The average Bonchev–Trinajstić information content (AvgIpc) is 3.18. The van der Waals surface area contributed by atoms with Crippen LogP contribution in [-0.4, -0.2) is 48.5 Å². The molecule has 8 nitrogen and oxygen atoms in total. The second-order valence-electron chi connectivity index (χ2n) is 6.06. The maximum Gasteiger partial charge on any atom is 0.189 e. The molecule has 1 aliphatic rings. The first-order valence-electron chi connectivity index (χ1n) is 8.50. The molecule has 2 aromatic heterocycles. The van der Waals surface area contributed by atoms with Crippen molar-refractivity contribution in [1.82, 2.24) is 19.5 Å². The van der Waals surface area contributed by atoms with Crippen LogP contribution in [0.2, 0.25) is 0 Å². The third-order valence-corrected chi connectivity index (χ3v) is 4.25. The van der Waals surface area contributed by atoms with Gasteiger partial charge in [-0.05, 0) is 18.8 Å². The fourth-order valence-electron chi connectivity index (χ4n) is 2.91. The van der Waals surface area contributed by atoms with Crippen molar-refractivity contribution in [3.63, 3.8) is 0 Å². The zero-order valence-electron chi connectivity index (χ0n) is 14.3. The van der Waals surface area contributed by atoms with Crippen LogP contribution in [0.4, 0.5) is 5.82 Å². The predicted molar refractivity (Wildman–Crippen MR) is 95.5 cm³/mol. The number of nitrogen functional groups attached to an aromatic ring is 1. The van der Waals surface area contributed by atoms with Gasteiger partial charge in [-0.3, -0.25) is 4.57 Å². The van der Waals surface area contributed by atoms with E-state index in [2.05, 4.69) is 32.7 Å². The fraction of sp³-hybridized carbons (Fsp3) is 0.500. The van der Waals surface area contributed by atoms with E-state index in [0.717, 1.165) is 19.3 Å². The number of fused-ring (bicyclic) bond motifs is 1. The number of nitrogens with zero attached hydrogens (tertiary/aromatic N) is 4. The van der Waals surface area contributed by atoms with Gasteiger partial charge in [0.1, 0.15) is 18.7 Å². The van der Waals surface area contributed by atoms with Crippen molar-refractivity contribution in [3.05, 3.63) is 12.2 Å². The van der Waals surface area contributed by atoms with Crippen molar-refractivity contribution in [3.8, 4) is 24.2 Å². The molecule has 136 valence electrons. The molecule has 2 aromatic rings. The standard InChI is InChI=1S/C18H21N5O3/c1-2-3-4-5-6-7-8-14-22-16-17(19)20-11-21-18(16)23(14)15-9-12(25)13(10-24)26-15/h1,11-13,15,24-25H,3-6,9-10H2,(H2,19,20,21)/t12-,13+,15+/m0/s1. The normalized spacial score (nSPS) is 22.1. The molecule has 3 heterocycles. The third-order valence-electron chi connectivity index (χ3n) is 4.25. The summed E-state index contributed by atoms with van der Waals surface area (Å²) < 4.78 is 7.46. The van der Waals surface area contributed by atoms with E-state index in [0.29, 0.717) is 29.8 Å². The van der Waals surface area contributed by atoms with Gasteiger partial charge in [-0.25, -0.2) is 15.0 Å². The van der Waals surface area contributed by atoms with E-state index in [4.69, 9.17) is 16.9 Å². The molecule has 1 saturated heterocycles. The molecule has 0 saturated carbocycles. The number of nitrogens with two attached hydrogens (primary N) is 1. The van der Waals surface area contributed by atoms with Gasteiger partial charge in [0.25, 0.3) is 0 Å². The molecule has 4 N–H and O–H groups in total. The summed E-state index contributed by atoms with van der Waals surface area (Å²) in [5, 5.41) is 19.4. The molecule has 8 heteroatoms. The zero-order valence-corrected chi connectivity index (χ0v) is 14.3. The monoisotopic (exact) mass is 355 g/mol. The summed E-state index contributed by atoms with van der Waals surface area (Å²) >= 11 is 0. The summed E-state index contributed by atoms with van der Waals surface area (Å²) in [6.45, 7) is -0.266. The van der Waals surface area contributed by atoms with Crippen molar-refractivity contribution in [2.24, 2.45) is 0 Å². The highest BCUT2D eigenvalue weighted by molar-refractivity contribution is 5.82. The number of imidazole rings is 1. The van der Waals surface area contributed by atoms with Crippen molar-refractivity contribution in [2.45, 2.75) is 50.5 Å². The summed E-state index contributed by atoms with van der Waals surface area (Å²) in [6.07, 6.45) is 8.20. The fourth-order valence-corrected chi connectivity index (χ4v) is 2.91. The Bertz CT molecular complexity index is 877. The first-order valence-corrected chi connectivity index (χ1v) is 8.50. The predicted octanol–water partition coefficient (Wildman–Crippen LogP) is 0.594. The summed E-state index contributed by atoms with van der Waals surface area (Å²) in [4.78, 5) is 12.7. The van der Waals surface area contributed by atoms with Crippen LogP contribution in [0.3, 0.4) is 0 Å². The summed E-state index contributed by atoms with van der Waals surface area (Å²) in [5.41, 5.74) is 6.83. The molecule has 0 aliphatic carbocycles. The Hall–Kier alpha value is -2.65. The minimum atomic E-state index is -0.772. The van der Waals surface area contributed by atoms with Gasteiger partial charge in [0.05, 0.1) is 12.7 Å². The van der Waals surface area contributed by atoms with Crippen LogP contribution < -0.4 is 5.73 Å². The van der Waals surface area contributed by atoms with E-state index in [1.807, 2.05) is 0 Å². The molecule has 1 aliphatic heterocycles. The minimum Gasteiger partial charge on any atom is -0.394 e. The molecule has 0 bridgehead atoms. The number of rotatable bonds is 5. The highest BCUT2D eigenvalue weighted by Gasteiger charge is 2.36. The SMILES string of the molecule is C#CCCCCC#Cc1nc2c(N)ncnc2n1[C@H]1C[C@H](O)[C@@H](CO)O1. The molecule has 0 radical (unpaired) electrons. The van der Waals surface area contributed by atoms with Crippen LogP contribution >= 0.6 is 0 Å². The first kappa shape index (κ1) is 18.2. The van der Waals surface area contributed by atoms with Gasteiger partial charge in [-0.2, -0.15) is 0 Å². The molecule has 0 amide bonds. The molecule has 3 atom stereocenters. The van der Waals surface area contributed by atoms with E-state index in [9.17, 15) is 10.2 Å². The van der Waals surface area contributed by atoms with E-state index < -0.39 is 18.4 Å². The number of unbranched alkanes of at least 4 members (excludes halogenated alkanes) is 3. The van der Waals surface area contributed by atoms with E-state index >= 15 is 0 Å². The molecule has 3 rings (SSSR count). The molecule has 0 spiro atoms. The Kier molecular flexibility index (Phi) is 5.69. The number of hydrogen-bond donors (Lipinski definition) is 3. The van der Waals surface area contributed by atoms with Crippen LogP contribution in [0.25, 0.3) is 11.2 Å². The smallest absolute Gasteiger partial charge is 0.189 e. The lowest BCUT2D eigenvalue weighted by molar-refractivity contribution is -0.0434. The second-order valence-corrected chi connectivity index (χ2v) is 6.06. The zero-order chi connectivity index (χ0) is 18.5. The van der Waals surface area contributed by atoms with Crippen molar-refractivity contribution in [2.75, 3.05) is 12.3 Å². The summed E-state index contributed by atoms with van der Waals surface area (Å²) in [6, 6.07) is 0. The molecule has 1 fully saturated rings. The van der Waals surface area contributed by atoms with Gasteiger partial charge in [0.2, 0.25) is 0 Å². The third kappa shape index (κ3) is 3.63. The molecule has 0 unspecified atom stereocenters. The Morgan fingerprint density at radius 2 is 2.15 bits per heavy atom. The van der Waals surface area contributed by atoms with Gasteiger partial charge in [0.15, 0.2) is 22.8 Å². The van der Waals surface area contributed by atoms with Crippen LogP contribution in [0.15, 0.2) is 6.33 Å². The van der Waals surface area contributed by atoms with Crippen LogP contribution in [0, 0.1) is 24.2 Å². The quantitative estimate of drug-likeness (QED) is 0.530. The van der Waals surface area contributed by atoms with E-state index in [1.165, 1.54) is 6.33 Å². The van der Waals surface area contributed by atoms with Crippen molar-refractivity contribution >= 4 is 17.0 Å². The molecular weight excluding hydrogens is 334 g/mol. The van der Waals surface area contributed by atoms with Crippen molar-refractivity contribution in [1.29, 1.82) is 0 Å². The number of hydrogen-bond acceptors (Lipinski definition) is 7. The van der Waals surface area contributed by atoms with E-state index in [1.54, 1.807) is 4.57 Å². The van der Waals surface area contributed by atoms with E-state index in [-0.39, 0.29) is 12.4 Å². The number of terminal acetylenes is 1. The Morgan fingerprint density at radius 3 is 2.88 bits per heavy atom. The van der Waals surface area contributed by atoms with Gasteiger partial charge in [-0.1, -0.05) is 5.92 Å². The maximum absolute atomic E-state index is 10.0. The number of aromatic nitrogens is 4. The van der Waals surface area contributed by atoms with Crippen LogP contribution in [0.1, 0.15) is 44.2 Å². The summed E-state index contributed by atoms with van der Waals surface area (Å²) in [7, 11) is 0. The average molecular weight is 355 g/mol. The minimum absolute atomic E-state index is 0.253. The number of aliphatic hydroxyl groups is 2. The molecule has 0 aromatic carbocycles. The number of anilines is 1. The number of aliphatic hydroxyl groups excluding tert-OH is 2. The molecular formula is C18H21N5O3. The number of ether oxygens (including phenoxy) is 1. The first-order chi connectivity index (χ1) is 12.7.